The first-order valence-corrected chi connectivity index (χ1v) is 8.78. The molecule has 0 radical (unpaired) electrons. The molecule has 3 nitrogen and oxygen atoms in total. The van der Waals surface area contributed by atoms with Gasteiger partial charge in [0.15, 0.2) is 0 Å². The second kappa shape index (κ2) is 8.66. The van der Waals surface area contributed by atoms with Crippen LogP contribution in [0.5, 0.6) is 0 Å². The van der Waals surface area contributed by atoms with Gasteiger partial charge in [0.25, 0.3) is 0 Å². The van der Waals surface area contributed by atoms with Crippen LogP contribution in [-0.2, 0) is 4.79 Å². The number of piperidine rings is 1. The van der Waals surface area contributed by atoms with Crippen molar-refractivity contribution in [1.29, 1.82) is 0 Å². The molecule has 0 aromatic heterocycles. The van der Waals surface area contributed by atoms with E-state index in [4.69, 9.17) is 0 Å². The molecule has 0 aromatic rings. The summed E-state index contributed by atoms with van der Waals surface area (Å²) in [5, 5.41) is 3.40. The topological polar surface area (TPSA) is 32.3 Å². The summed E-state index contributed by atoms with van der Waals surface area (Å²) in [6.07, 6.45) is 11.2. The van der Waals surface area contributed by atoms with E-state index in [1.807, 2.05) is 0 Å². The maximum Gasteiger partial charge on any atom is 0.222 e. The summed E-state index contributed by atoms with van der Waals surface area (Å²) in [5.41, 5.74) is 0. The summed E-state index contributed by atoms with van der Waals surface area (Å²) >= 11 is 0. The molecular weight excluding hydrogens is 248 g/mol. The average Bonchev–Trinajstić information content (AvgIpc) is 2.52. The van der Waals surface area contributed by atoms with E-state index < -0.39 is 0 Å². The quantitative estimate of drug-likeness (QED) is 0.810. The highest BCUT2D eigenvalue weighted by atomic mass is 16.2. The van der Waals surface area contributed by atoms with E-state index in [0.29, 0.717) is 5.91 Å². The van der Waals surface area contributed by atoms with E-state index >= 15 is 0 Å². The maximum absolute atomic E-state index is 12.4. The largest absolute Gasteiger partial charge is 0.343 e. The van der Waals surface area contributed by atoms with Gasteiger partial charge in [-0.15, -0.1) is 0 Å². The van der Waals surface area contributed by atoms with Crippen molar-refractivity contribution in [3.05, 3.63) is 0 Å². The van der Waals surface area contributed by atoms with Gasteiger partial charge in [0, 0.05) is 19.5 Å². The Kier molecular flexibility index (Phi) is 6.85. The fourth-order valence-electron chi connectivity index (χ4n) is 3.74. The number of amides is 1. The summed E-state index contributed by atoms with van der Waals surface area (Å²) < 4.78 is 0. The molecule has 20 heavy (non-hydrogen) atoms. The summed E-state index contributed by atoms with van der Waals surface area (Å²) in [5.74, 6) is 1.94. The predicted octanol–water partition coefficient (Wildman–Crippen LogP) is 3.20. The van der Waals surface area contributed by atoms with Gasteiger partial charge < -0.3 is 10.2 Å². The second-order valence-corrected chi connectivity index (χ2v) is 6.67. The third kappa shape index (κ3) is 5.08. The first-order valence-electron chi connectivity index (χ1n) is 8.78. The van der Waals surface area contributed by atoms with Gasteiger partial charge in [0.2, 0.25) is 5.91 Å². The minimum atomic E-state index is 0.400. The van der Waals surface area contributed by atoms with Gasteiger partial charge in [-0.2, -0.15) is 0 Å². The Morgan fingerprint density at radius 1 is 1.05 bits per heavy atom. The first kappa shape index (κ1) is 15.8. The molecule has 0 bridgehead atoms. The molecule has 0 atom stereocenters. The molecule has 1 saturated carbocycles. The van der Waals surface area contributed by atoms with E-state index in [-0.39, 0.29) is 0 Å². The predicted molar refractivity (Wildman–Crippen MR) is 83.7 cm³/mol. The van der Waals surface area contributed by atoms with Crippen LogP contribution in [0.3, 0.4) is 0 Å². The van der Waals surface area contributed by atoms with E-state index in [2.05, 4.69) is 17.1 Å². The molecule has 1 aliphatic heterocycles. The number of rotatable bonds is 6. The standard InChI is InChI=1S/C17H32N2O/c1-2-19(14-16-10-12-18-13-11-16)17(20)9-8-15-6-4-3-5-7-15/h15-16,18H,2-14H2,1H3. The Bertz CT molecular complexity index is 281. The molecule has 2 aliphatic rings. The number of hydrogen-bond donors (Lipinski definition) is 1. The van der Waals surface area contributed by atoms with Crippen molar-refractivity contribution in [3.63, 3.8) is 0 Å². The zero-order valence-corrected chi connectivity index (χ0v) is 13.2. The van der Waals surface area contributed by atoms with Gasteiger partial charge >= 0.3 is 0 Å². The summed E-state index contributed by atoms with van der Waals surface area (Å²) in [6.45, 7) is 6.24. The summed E-state index contributed by atoms with van der Waals surface area (Å²) in [4.78, 5) is 14.5. The first-order chi connectivity index (χ1) is 9.79. The van der Waals surface area contributed by atoms with Gasteiger partial charge in [-0.3, -0.25) is 4.79 Å². The SMILES string of the molecule is CCN(CC1CCNCC1)C(=O)CCC1CCCCC1. The smallest absolute Gasteiger partial charge is 0.222 e. The van der Waals surface area contributed by atoms with Crippen molar-refractivity contribution in [2.45, 2.75) is 64.7 Å². The average molecular weight is 280 g/mol. The Balaban J connectivity index is 1.70. The summed E-state index contributed by atoms with van der Waals surface area (Å²) in [6, 6.07) is 0. The Hall–Kier alpha value is -0.570. The fraction of sp³-hybridized carbons (Fsp3) is 0.941. The number of carbonyl (C=O) groups is 1. The lowest BCUT2D eigenvalue weighted by Gasteiger charge is -2.30. The number of nitrogens with one attached hydrogen (secondary N) is 1. The molecule has 2 rings (SSSR count). The van der Waals surface area contributed by atoms with Crippen LogP contribution >= 0.6 is 0 Å². The Morgan fingerprint density at radius 3 is 2.40 bits per heavy atom. The molecule has 0 aromatic carbocycles. The minimum absolute atomic E-state index is 0.400. The van der Waals surface area contributed by atoms with Crippen LogP contribution in [0.15, 0.2) is 0 Å². The van der Waals surface area contributed by atoms with Crippen LogP contribution in [0.1, 0.15) is 64.7 Å². The zero-order chi connectivity index (χ0) is 14.2. The molecule has 0 spiro atoms. The van der Waals surface area contributed by atoms with Crippen LogP contribution < -0.4 is 5.32 Å². The molecular formula is C17H32N2O. The highest BCUT2D eigenvalue weighted by Crippen LogP contribution is 2.27. The molecule has 1 aliphatic carbocycles. The highest BCUT2D eigenvalue weighted by molar-refractivity contribution is 5.76. The lowest BCUT2D eigenvalue weighted by Crippen LogP contribution is -2.39. The lowest BCUT2D eigenvalue weighted by atomic mass is 9.86. The highest BCUT2D eigenvalue weighted by Gasteiger charge is 2.21. The third-order valence-corrected chi connectivity index (χ3v) is 5.16. The van der Waals surface area contributed by atoms with E-state index in [9.17, 15) is 4.79 Å². The number of nitrogens with zero attached hydrogens (tertiary/aromatic N) is 1. The molecule has 1 heterocycles. The Morgan fingerprint density at radius 2 is 1.75 bits per heavy atom. The molecule has 116 valence electrons. The minimum Gasteiger partial charge on any atom is -0.343 e. The van der Waals surface area contributed by atoms with Crippen molar-refractivity contribution >= 4 is 5.91 Å². The van der Waals surface area contributed by atoms with Gasteiger partial charge in [-0.05, 0) is 51.1 Å². The van der Waals surface area contributed by atoms with Crippen LogP contribution in [0.4, 0.5) is 0 Å². The van der Waals surface area contributed by atoms with Gasteiger partial charge in [-0.1, -0.05) is 32.1 Å². The van der Waals surface area contributed by atoms with Crippen LogP contribution in [0.25, 0.3) is 0 Å². The Labute approximate surface area is 124 Å². The molecule has 1 saturated heterocycles. The number of carbonyl (C=O) groups excluding carboxylic acids is 1. The molecule has 3 heteroatoms. The molecule has 1 N–H and O–H groups in total. The van der Waals surface area contributed by atoms with Crippen LogP contribution in [-0.4, -0.2) is 37.0 Å². The number of hydrogen-bond acceptors (Lipinski definition) is 2. The molecule has 1 amide bonds. The molecule has 2 fully saturated rings. The monoisotopic (exact) mass is 280 g/mol. The van der Waals surface area contributed by atoms with Crippen molar-refractivity contribution in [2.24, 2.45) is 11.8 Å². The van der Waals surface area contributed by atoms with Crippen molar-refractivity contribution < 1.29 is 4.79 Å². The van der Waals surface area contributed by atoms with Gasteiger partial charge in [0.1, 0.15) is 0 Å². The van der Waals surface area contributed by atoms with Crippen molar-refractivity contribution in [3.8, 4) is 0 Å². The molecule has 0 unspecified atom stereocenters. The second-order valence-electron chi connectivity index (χ2n) is 6.67. The summed E-state index contributed by atoms with van der Waals surface area (Å²) in [7, 11) is 0. The third-order valence-electron chi connectivity index (χ3n) is 5.16. The fourth-order valence-corrected chi connectivity index (χ4v) is 3.74. The van der Waals surface area contributed by atoms with E-state index in [1.54, 1.807) is 0 Å². The zero-order valence-electron chi connectivity index (χ0n) is 13.2. The van der Waals surface area contributed by atoms with E-state index in [1.165, 1.54) is 44.9 Å². The lowest BCUT2D eigenvalue weighted by molar-refractivity contribution is -0.132. The van der Waals surface area contributed by atoms with E-state index in [0.717, 1.165) is 50.9 Å². The van der Waals surface area contributed by atoms with Crippen molar-refractivity contribution in [2.75, 3.05) is 26.2 Å². The maximum atomic E-state index is 12.4. The van der Waals surface area contributed by atoms with Crippen LogP contribution in [0, 0.1) is 11.8 Å². The normalized spacial score (nSPS) is 21.9. The van der Waals surface area contributed by atoms with Gasteiger partial charge in [-0.25, -0.2) is 0 Å². The van der Waals surface area contributed by atoms with Crippen LogP contribution in [0.2, 0.25) is 0 Å². The van der Waals surface area contributed by atoms with Crippen molar-refractivity contribution in [1.82, 2.24) is 10.2 Å². The van der Waals surface area contributed by atoms with Gasteiger partial charge in [0.05, 0.1) is 0 Å².